The Morgan fingerprint density at radius 3 is 2.38 bits per heavy atom. The second kappa shape index (κ2) is 9.53. The molecule has 37 heavy (non-hydrogen) atoms. The maximum atomic E-state index is 15.0. The SMILES string of the molecule is Cc1c(F)c(NO)c2c(=O)c(OC3O[C@H](C(=O)O)[C@@H](O)[C@H](O)[C@H]3O)c(-c3ccc(N)c(F)c3)oc2c1F. The van der Waals surface area contributed by atoms with Crippen molar-refractivity contribution in [3.8, 4) is 17.1 Å². The van der Waals surface area contributed by atoms with Crippen LogP contribution in [0.4, 0.5) is 24.5 Å². The first-order valence-corrected chi connectivity index (χ1v) is 10.4. The van der Waals surface area contributed by atoms with E-state index in [1.54, 1.807) is 0 Å². The number of ether oxygens (including phenoxy) is 2. The standard InChI is InChI=1S/C22H19F3N2O10/c1-5-10(24)12(27-34)9-13(28)19(36-22-16(31)14(29)15(30)20(37-22)21(32)33)17(35-18(9)11(5)25)6-2-3-8(26)7(23)4-6/h2-4,14-16,20,22,27,29-31,34H,26H2,1H3,(H,32,33)/t14-,15-,16+,20-,22?/m0/s1. The molecule has 2 aromatic carbocycles. The summed E-state index contributed by atoms with van der Waals surface area (Å²) in [6.45, 7) is 0.989. The molecule has 3 aromatic rings. The van der Waals surface area contributed by atoms with Crippen molar-refractivity contribution < 1.29 is 57.5 Å². The van der Waals surface area contributed by atoms with Crippen LogP contribution in [0.15, 0.2) is 27.4 Å². The molecule has 15 heteroatoms. The summed E-state index contributed by atoms with van der Waals surface area (Å²) in [5, 5.41) is 48.0. The van der Waals surface area contributed by atoms with Gasteiger partial charge in [-0.25, -0.2) is 18.0 Å². The minimum absolute atomic E-state index is 0.263. The average Bonchev–Trinajstić information content (AvgIpc) is 2.86. The van der Waals surface area contributed by atoms with Crippen molar-refractivity contribution in [3.05, 3.63) is 51.4 Å². The van der Waals surface area contributed by atoms with Gasteiger partial charge in [0.25, 0.3) is 0 Å². The second-order valence-electron chi connectivity index (χ2n) is 8.12. The van der Waals surface area contributed by atoms with Gasteiger partial charge in [0.05, 0.1) is 5.69 Å². The zero-order chi connectivity index (χ0) is 27.3. The highest BCUT2D eigenvalue weighted by molar-refractivity contribution is 5.93. The van der Waals surface area contributed by atoms with Crippen molar-refractivity contribution in [3.63, 3.8) is 0 Å². The minimum Gasteiger partial charge on any atom is -0.479 e. The van der Waals surface area contributed by atoms with Crippen LogP contribution in [-0.4, -0.2) is 62.3 Å². The summed E-state index contributed by atoms with van der Waals surface area (Å²) < 4.78 is 59.7. The lowest BCUT2D eigenvalue weighted by molar-refractivity contribution is -0.271. The molecule has 12 nitrogen and oxygen atoms in total. The highest BCUT2D eigenvalue weighted by Gasteiger charge is 2.48. The summed E-state index contributed by atoms with van der Waals surface area (Å²) in [7, 11) is 0. The molecule has 1 saturated heterocycles. The van der Waals surface area contributed by atoms with Gasteiger partial charge < -0.3 is 40.1 Å². The summed E-state index contributed by atoms with van der Waals surface area (Å²) in [5.41, 5.74) is 2.53. The van der Waals surface area contributed by atoms with E-state index in [-0.39, 0.29) is 11.3 Å². The van der Waals surface area contributed by atoms with E-state index in [0.717, 1.165) is 25.1 Å². The van der Waals surface area contributed by atoms with Crippen molar-refractivity contribution in [2.45, 2.75) is 37.6 Å². The fourth-order valence-electron chi connectivity index (χ4n) is 3.80. The number of carboxylic acids is 1. The third kappa shape index (κ3) is 4.21. The lowest BCUT2D eigenvalue weighted by Gasteiger charge is -2.38. The highest BCUT2D eigenvalue weighted by atomic mass is 19.1. The quantitative estimate of drug-likeness (QED) is 0.182. The van der Waals surface area contributed by atoms with Crippen LogP contribution >= 0.6 is 0 Å². The number of fused-ring (bicyclic) bond motifs is 1. The maximum absolute atomic E-state index is 15.0. The normalized spacial score (nSPS) is 23.7. The summed E-state index contributed by atoms with van der Waals surface area (Å²) in [5.74, 6) is -7.12. The fraction of sp³-hybridized carbons (Fsp3) is 0.273. The number of carboxylic acid groups (broad SMARTS) is 1. The van der Waals surface area contributed by atoms with Gasteiger partial charge in [0.15, 0.2) is 29.1 Å². The first-order valence-electron chi connectivity index (χ1n) is 10.4. The number of rotatable bonds is 5. The molecule has 1 fully saturated rings. The number of nitrogens with two attached hydrogens (primary N) is 1. The van der Waals surface area contributed by atoms with E-state index in [2.05, 4.69) is 0 Å². The predicted molar refractivity (Wildman–Crippen MR) is 117 cm³/mol. The second-order valence-corrected chi connectivity index (χ2v) is 8.12. The number of hydrogen-bond donors (Lipinski definition) is 7. The van der Waals surface area contributed by atoms with Crippen LogP contribution in [0.3, 0.4) is 0 Å². The van der Waals surface area contributed by atoms with Crippen molar-refractivity contribution in [2.24, 2.45) is 0 Å². The van der Waals surface area contributed by atoms with Gasteiger partial charge in [-0.05, 0) is 25.1 Å². The van der Waals surface area contributed by atoms with Gasteiger partial charge >= 0.3 is 5.97 Å². The van der Waals surface area contributed by atoms with E-state index in [1.807, 2.05) is 0 Å². The van der Waals surface area contributed by atoms with Gasteiger partial charge in [0.1, 0.15) is 35.2 Å². The number of nitrogens with one attached hydrogen (secondary N) is 1. The third-order valence-corrected chi connectivity index (χ3v) is 5.82. The number of benzene rings is 2. The number of aliphatic hydroxyl groups excluding tert-OH is 3. The molecule has 0 saturated carbocycles. The summed E-state index contributed by atoms with van der Waals surface area (Å²) in [6.07, 6.45) is -10.6. The zero-order valence-electron chi connectivity index (χ0n) is 18.6. The molecule has 0 bridgehead atoms. The van der Waals surface area contributed by atoms with Gasteiger partial charge in [-0.1, -0.05) is 0 Å². The van der Waals surface area contributed by atoms with E-state index >= 15 is 0 Å². The predicted octanol–water partition coefficient (Wildman–Crippen LogP) is 0.840. The summed E-state index contributed by atoms with van der Waals surface area (Å²) in [4.78, 5) is 24.9. The first-order chi connectivity index (χ1) is 17.4. The van der Waals surface area contributed by atoms with Gasteiger partial charge in [0, 0.05) is 11.1 Å². The number of anilines is 2. The third-order valence-electron chi connectivity index (χ3n) is 5.82. The van der Waals surface area contributed by atoms with Gasteiger partial charge in [-0.15, -0.1) is 0 Å². The maximum Gasteiger partial charge on any atom is 0.335 e. The fourth-order valence-corrected chi connectivity index (χ4v) is 3.80. The van der Waals surface area contributed by atoms with Crippen LogP contribution in [0.2, 0.25) is 0 Å². The monoisotopic (exact) mass is 528 g/mol. The molecule has 0 radical (unpaired) electrons. The van der Waals surface area contributed by atoms with Crippen molar-refractivity contribution in [2.75, 3.05) is 11.2 Å². The number of hydrogen-bond acceptors (Lipinski definition) is 11. The first kappa shape index (κ1) is 26.2. The Labute approximate surface area is 203 Å². The number of nitrogen functional groups attached to an aromatic ring is 1. The lowest BCUT2D eigenvalue weighted by atomic mass is 9.99. The number of aliphatic hydroxyl groups is 3. The molecular formula is C22H19F3N2O10. The van der Waals surface area contributed by atoms with Crippen LogP contribution < -0.4 is 21.4 Å². The van der Waals surface area contributed by atoms with Crippen LogP contribution in [-0.2, 0) is 9.53 Å². The smallest absolute Gasteiger partial charge is 0.335 e. The largest absolute Gasteiger partial charge is 0.479 e. The molecule has 1 aliphatic rings. The molecule has 0 aliphatic carbocycles. The van der Waals surface area contributed by atoms with Gasteiger partial charge in [-0.2, -0.15) is 0 Å². The van der Waals surface area contributed by atoms with Crippen LogP contribution in [0.1, 0.15) is 5.56 Å². The Bertz CT molecular complexity index is 1460. The van der Waals surface area contributed by atoms with Crippen molar-refractivity contribution in [1.82, 2.24) is 0 Å². The highest BCUT2D eigenvalue weighted by Crippen LogP contribution is 2.38. The van der Waals surface area contributed by atoms with Gasteiger partial charge in [0.2, 0.25) is 17.5 Å². The van der Waals surface area contributed by atoms with Crippen molar-refractivity contribution >= 4 is 28.3 Å². The van der Waals surface area contributed by atoms with E-state index in [1.165, 1.54) is 5.48 Å². The topological polar surface area (TPSA) is 205 Å². The lowest BCUT2D eigenvalue weighted by Crippen LogP contribution is -2.61. The van der Waals surface area contributed by atoms with Crippen LogP contribution in [0, 0.1) is 24.4 Å². The van der Waals surface area contributed by atoms with Crippen LogP contribution in [0.5, 0.6) is 5.75 Å². The summed E-state index contributed by atoms with van der Waals surface area (Å²) >= 11 is 0. The molecule has 2 heterocycles. The van der Waals surface area contributed by atoms with Gasteiger partial charge in [-0.3, -0.25) is 15.5 Å². The molecular weight excluding hydrogens is 509 g/mol. The molecule has 4 rings (SSSR count). The van der Waals surface area contributed by atoms with E-state index < -0.39 is 93.3 Å². The Kier molecular flexibility index (Phi) is 6.74. The Morgan fingerprint density at radius 2 is 1.78 bits per heavy atom. The molecule has 1 unspecified atom stereocenters. The van der Waals surface area contributed by atoms with E-state index in [0.29, 0.717) is 0 Å². The molecule has 1 aliphatic heterocycles. The molecule has 0 spiro atoms. The average molecular weight is 528 g/mol. The minimum atomic E-state index is -2.15. The molecule has 0 amide bonds. The number of halogens is 3. The molecule has 198 valence electrons. The van der Waals surface area contributed by atoms with Crippen molar-refractivity contribution in [1.29, 1.82) is 0 Å². The number of aliphatic carboxylic acids is 1. The van der Waals surface area contributed by atoms with E-state index in [9.17, 15) is 48.4 Å². The van der Waals surface area contributed by atoms with Crippen LogP contribution in [0.25, 0.3) is 22.3 Å². The molecule has 1 aromatic heterocycles. The zero-order valence-corrected chi connectivity index (χ0v) is 18.6. The Balaban J connectivity index is 2.01. The molecule has 8 N–H and O–H groups in total. The Morgan fingerprint density at radius 1 is 1.11 bits per heavy atom. The summed E-state index contributed by atoms with van der Waals surface area (Å²) in [6, 6.07) is 2.99. The number of carbonyl (C=O) groups is 1. The molecule has 5 atom stereocenters. The Hall–Kier alpha value is -3.89. The van der Waals surface area contributed by atoms with E-state index in [4.69, 9.17) is 19.6 Å².